The molecule has 1 aromatic rings. The molecule has 5 heteroatoms. The summed E-state index contributed by atoms with van der Waals surface area (Å²) in [7, 11) is 0. The minimum Gasteiger partial charge on any atom is -0.466 e. The molecule has 0 saturated heterocycles. The highest BCUT2D eigenvalue weighted by Gasteiger charge is 2.41. The summed E-state index contributed by atoms with van der Waals surface area (Å²) >= 11 is 0. The number of ether oxygens (including phenoxy) is 1. The quantitative estimate of drug-likeness (QED) is 0.676. The number of fused-ring (bicyclic) bond motifs is 1. The number of benzene rings is 1. The first kappa shape index (κ1) is 14.2. The molecule has 0 bridgehead atoms. The van der Waals surface area contributed by atoms with Gasteiger partial charge in [0.2, 0.25) is 5.91 Å². The number of rotatable bonds is 3. The first-order valence-electron chi connectivity index (χ1n) is 6.51. The fraction of sp³-hybridized carbons (Fsp3) is 0.400. The lowest BCUT2D eigenvalue weighted by molar-refractivity contribution is -0.142. The van der Waals surface area contributed by atoms with Gasteiger partial charge in [0, 0.05) is 5.56 Å². The lowest BCUT2D eigenvalue weighted by Gasteiger charge is -2.29. The zero-order valence-corrected chi connectivity index (χ0v) is 11.8. The second-order valence-electron chi connectivity index (χ2n) is 5.27. The standard InChI is InChI=1S/C15H17NO4/c1-4-20-12(17)8-9-5-6-11-10(7-9)13(18)15(2,3)14(19)16-11/h5-7H,4,8H2,1-3H3,(H,16,19). The van der Waals surface area contributed by atoms with Gasteiger partial charge in [-0.2, -0.15) is 0 Å². The Morgan fingerprint density at radius 1 is 1.30 bits per heavy atom. The van der Waals surface area contributed by atoms with Crippen LogP contribution in [0.15, 0.2) is 18.2 Å². The second kappa shape index (κ2) is 5.07. The molecule has 0 aliphatic carbocycles. The summed E-state index contributed by atoms with van der Waals surface area (Å²) in [5.41, 5.74) is 0.543. The number of esters is 1. The molecule has 0 radical (unpaired) electrons. The molecule has 1 N–H and O–H groups in total. The molecule has 0 atom stereocenters. The molecule has 0 fully saturated rings. The van der Waals surface area contributed by atoms with Crippen molar-refractivity contribution in [2.45, 2.75) is 27.2 Å². The van der Waals surface area contributed by atoms with Gasteiger partial charge in [0.1, 0.15) is 5.41 Å². The topological polar surface area (TPSA) is 72.5 Å². The Morgan fingerprint density at radius 3 is 2.65 bits per heavy atom. The predicted octanol–water partition coefficient (Wildman–Crippen LogP) is 1.95. The molecule has 20 heavy (non-hydrogen) atoms. The summed E-state index contributed by atoms with van der Waals surface area (Å²) in [4.78, 5) is 35.6. The van der Waals surface area contributed by atoms with Gasteiger partial charge in [0.25, 0.3) is 0 Å². The summed E-state index contributed by atoms with van der Waals surface area (Å²) < 4.78 is 4.88. The van der Waals surface area contributed by atoms with E-state index in [-0.39, 0.29) is 24.1 Å². The van der Waals surface area contributed by atoms with Crippen LogP contribution in [0.5, 0.6) is 0 Å². The molecule has 0 saturated carbocycles. The van der Waals surface area contributed by atoms with Gasteiger partial charge in [-0.05, 0) is 38.5 Å². The van der Waals surface area contributed by atoms with E-state index in [9.17, 15) is 14.4 Å². The van der Waals surface area contributed by atoms with Crippen molar-refractivity contribution >= 4 is 23.3 Å². The van der Waals surface area contributed by atoms with Crippen LogP contribution >= 0.6 is 0 Å². The Kier molecular flexibility index (Phi) is 3.61. The van der Waals surface area contributed by atoms with E-state index in [1.165, 1.54) is 0 Å². The monoisotopic (exact) mass is 275 g/mol. The van der Waals surface area contributed by atoms with Crippen molar-refractivity contribution in [1.29, 1.82) is 0 Å². The highest BCUT2D eigenvalue weighted by Crippen LogP contribution is 2.33. The molecule has 106 valence electrons. The van der Waals surface area contributed by atoms with Crippen molar-refractivity contribution in [2.24, 2.45) is 5.41 Å². The molecule has 2 rings (SSSR count). The van der Waals surface area contributed by atoms with Gasteiger partial charge in [-0.3, -0.25) is 14.4 Å². The zero-order chi connectivity index (χ0) is 14.9. The molecule has 1 aliphatic rings. The lowest BCUT2D eigenvalue weighted by atomic mass is 9.79. The largest absolute Gasteiger partial charge is 0.466 e. The van der Waals surface area contributed by atoms with Crippen LogP contribution in [0, 0.1) is 5.41 Å². The fourth-order valence-electron chi connectivity index (χ4n) is 2.10. The van der Waals surface area contributed by atoms with Crippen LogP contribution in [0.3, 0.4) is 0 Å². The predicted molar refractivity (Wildman–Crippen MR) is 73.5 cm³/mol. The van der Waals surface area contributed by atoms with Crippen LogP contribution in [0.2, 0.25) is 0 Å². The Morgan fingerprint density at radius 2 is 2.00 bits per heavy atom. The van der Waals surface area contributed by atoms with Crippen molar-refractivity contribution in [1.82, 2.24) is 0 Å². The molecule has 1 aliphatic heterocycles. The first-order chi connectivity index (χ1) is 9.36. The molecule has 0 unspecified atom stereocenters. The SMILES string of the molecule is CCOC(=O)Cc1ccc2c(c1)C(=O)C(C)(C)C(=O)N2. The fourth-order valence-corrected chi connectivity index (χ4v) is 2.10. The summed E-state index contributed by atoms with van der Waals surface area (Å²) in [5.74, 6) is -0.880. The Hall–Kier alpha value is -2.17. The van der Waals surface area contributed by atoms with Gasteiger partial charge in [0.15, 0.2) is 5.78 Å². The minimum absolute atomic E-state index is 0.114. The minimum atomic E-state index is -1.09. The average molecular weight is 275 g/mol. The van der Waals surface area contributed by atoms with E-state index in [1.807, 2.05) is 0 Å². The van der Waals surface area contributed by atoms with Crippen molar-refractivity contribution in [3.63, 3.8) is 0 Å². The van der Waals surface area contributed by atoms with Crippen LogP contribution < -0.4 is 5.32 Å². The molecule has 1 amide bonds. The van der Waals surface area contributed by atoms with Gasteiger partial charge >= 0.3 is 5.97 Å². The second-order valence-corrected chi connectivity index (χ2v) is 5.27. The smallest absolute Gasteiger partial charge is 0.310 e. The van der Waals surface area contributed by atoms with Gasteiger partial charge < -0.3 is 10.1 Å². The summed E-state index contributed by atoms with van der Waals surface area (Å²) in [6.07, 6.45) is 0.114. The number of carbonyl (C=O) groups is 3. The maximum Gasteiger partial charge on any atom is 0.310 e. The Bertz CT molecular complexity index is 590. The van der Waals surface area contributed by atoms with E-state index in [2.05, 4.69) is 5.32 Å². The lowest BCUT2D eigenvalue weighted by Crippen LogP contribution is -2.42. The van der Waals surface area contributed by atoms with Crippen molar-refractivity contribution in [3.8, 4) is 0 Å². The van der Waals surface area contributed by atoms with Crippen LogP contribution in [0.25, 0.3) is 0 Å². The van der Waals surface area contributed by atoms with Crippen LogP contribution in [-0.2, 0) is 20.7 Å². The molecule has 0 spiro atoms. The maximum atomic E-state index is 12.3. The van der Waals surface area contributed by atoms with Crippen molar-refractivity contribution in [3.05, 3.63) is 29.3 Å². The number of nitrogens with one attached hydrogen (secondary N) is 1. The number of amides is 1. The average Bonchev–Trinajstić information content (AvgIpc) is 2.38. The summed E-state index contributed by atoms with van der Waals surface area (Å²) in [6, 6.07) is 5.01. The molecular weight excluding hydrogens is 258 g/mol. The third-order valence-corrected chi connectivity index (χ3v) is 3.37. The number of anilines is 1. The van der Waals surface area contributed by atoms with Gasteiger partial charge in [-0.1, -0.05) is 6.07 Å². The molecular formula is C15H17NO4. The van der Waals surface area contributed by atoms with Crippen molar-refractivity contribution in [2.75, 3.05) is 11.9 Å². The highest BCUT2D eigenvalue weighted by atomic mass is 16.5. The molecule has 5 nitrogen and oxygen atoms in total. The van der Waals surface area contributed by atoms with Gasteiger partial charge in [-0.15, -0.1) is 0 Å². The molecule has 1 aromatic carbocycles. The number of hydrogen-bond acceptors (Lipinski definition) is 4. The van der Waals surface area contributed by atoms with E-state index in [4.69, 9.17) is 4.74 Å². The van der Waals surface area contributed by atoms with E-state index in [0.29, 0.717) is 23.4 Å². The van der Waals surface area contributed by atoms with Gasteiger partial charge in [-0.25, -0.2) is 0 Å². The third kappa shape index (κ3) is 2.43. The van der Waals surface area contributed by atoms with Gasteiger partial charge in [0.05, 0.1) is 18.7 Å². The van der Waals surface area contributed by atoms with E-state index in [0.717, 1.165) is 0 Å². The molecule has 1 heterocycles. The number of hydrogen-bond donors (Lipinski definition) is 1. The number of Topliss-reactive ketones (excluding diaryl/α,β-unsaturated/α-hetero) is 1. The number of carbonyl (C=O) groups excluding carboxylic acids is 3. The Labute approximate surface area is 117 Å². The van der Waals surface area contributed by atoms with E-state index in [1.54, 1.807) is 39.0 Å². The Balaban J connectivity index is 2.32. The maximum absolute atomic E-state index is 12.3. The zero-order valence-electron chi connectivity index (χ0n) is 11.8. The van der Waals surface area contributed by atoms with Crippen LogP contribution in [-0.4, -0.2) is 24.3 Å². The van der Waals surface area contributed by atoms with Crippen molar-refractivity contribution < 1.29 is 19.1 Å². The molecule has 0 aromatic heterocycles. The normalized spacial score (nSPS) is 16.4. The van der Waals surface area contributed by atoms with Crippen LogP contribution in [0.4, 0.5) is 5.69 Å². The third-order valence-electron chi connectivity index (χ3n) is 3.37. The summed E-state index contributed by atoms with van der Waals surface area (Å²) in [5, 5.41) is 2.71. The number of ketones is 1. The first-order valence-corrected chi connectivity index (χ1v) is 6.51. The van der Waals surface area contributed by atoms with E-state index >= 15 is 0 Å². The van der Waals surface area contributed by atoms with Crippen LogP contribution in [0.1, 0.15) is 36.7 Å². The summed E-state index contributed by atoms with van der Waals surface area (Å²) in [6.45, 7) is 5.25. The highest BCUT2D eigenvalue weighted by molar-refractivity contribution is 6.23. The van der Waals surface area contributed by atoms with E-state index < -0.39 is 5.41 Å².